The molecule has 0 aliphatic rings. The van der Waals surface area contributed by atoms with Crippen molar-refractivity contribution in [1.29, 1.82) is 0 Å². The number of aromatic nitrogens is 4. The molecule has 6 heteroatoms. The summed E-state index contributed by atoms with van der Waals surface area (Å²) in [5, 5.41) is 11.2. The monoisotopic (exact) mass is 290 g/mol. The molecule has 21 heavy (non-hydrogen) atoms. The number of aromatic amines is 1. The van der Waals surface area contributed by atoms with Gasteiger partial charge in [-0.3, -0.25) is 9.78 Å². The van der Waals surface area contributed by atoms with Crippen LogP contribution in [-0.2, 0) is 24.6 Å². The zero-order valence-corrected chi connectivity index (χ0v) is 13.1. The number of aryl methyl sites for hydroxylation is 3. The zero-order valence-electron chi connectivity index (χ0n) is 13.1. The van der Waals surface area contributed by atoms with Gasteiger partial charge in [-0.1, -0.05) is 13.3 Å². The van der Waals surface area contributed by atoms with E-state index in [4.69, 9.17) is 4.74 Å². The van der Waals surface area contributed by atoms with E-state index in [0.29, 0.717) is 18.7 Å². The Bertz CT molecular complexity index is 628. The number of nitrogens with zero attached hydrogens (tertiary/aromatic N) is 3. The van der Waals surface area contributed by atoms with Crippen LogP contribution in [0.4, 0.5) is 0 Å². The molecule has 2 aromatic heterocycles. The quantitative estimate of drug-likeness (QED) is 0.827. The van der Waals surface area contributed by atoms with Gasteiger partial charge >= 0.3 is 5.97 Å². The summed E-state index contributed by atoms with van der Waals surface area (Å²) in [5.41, 5.74) is 4.53. The van der Waals surface area contributed by atoms with E-state index in [9.17, 15) is 4.79 Å². The summed E-state index contributed by atoms with van der Waals surface area (Å²) in [4.78, 5) is 11.9. The molecule has 6 nitrogen and oxygen atoms in total. The standard InChI is InChI=1S/C15H22N4O2/c1-5-6-12-9-14(17-16-12)15(20)21-8-7-13-10(2)18-19(4)11(13)3/h9H,5-8H2,1-4H3,(H,16,17). The van der Waals surface area contributed by atoms with Crippen LogP contribution in [0.1, 0.15) is 46.5 Å². The van der Waals surface area contributed by atoms with Crippen LogP contribution in [0, 0.1) is 13.8 Å². The van der Waals surface area contributed by atoms with Crippen molar-refractivity contribution < 1.29 is 9.53 Å². The molecule has 1 N–H and O–H groups in total. The van der Waals surface area contributed by atoms with E-state index in [0.717, 1.165) is 35.5 Å². The lowest BCUT2D eigenvalue weighted by molar-refractivity contribution is 0.0502. The number of hydrogen-bond acceptors (Lipinski definition) is 4. The fourth-order valence-electron chi connectivity index (χ4n) is 2.36. The number of ether oxygens (including phenoxy) is 1. The third-order valence-corrected chi connectivity index (χ3v) is 3.60. The summed E-state index contributed by atoms with van der Waals surface area (Å²) in [6.45, 7) is 6.40. The highest BCUT2D eigenvalue weighted by Gasteiger charge is 2.13. The van der Waals surface area contributed by atoms with E-state index in [1.165, 1.54) is 0 Å². The minimum absolute atomic E-state index is 0.335. The fraction of sp³-hybridized carbons (Fsp3) is 0.533. The SMILES string of the molecule is CCCc1cc(C(=O)OCCc2c(C)nn(C)c2C)n[nH]1. The molecule has 0 radical (unpaired) electrons. The molecule has 114 valence electrons. The number of rotatable bonds is 6. The Kier molecular flexibility index (Phi) is 4.77. The van der Waals surface area contributed by atoms with E-state index < -0.39 is 0 Å². The van der Waals surface area contributed by atoms with E-state index in [1.54, 1.807) is 6.07 Å². The Morgan fingerprint density at radius 2 is 2.14 bits per heavy atom. The first-order valence-corrected chi connectivity index (χ1v) is 7.23. The number of nitrogens with one attached hydrogen (secondary N) is 1. The minimum atomic E-state index is -0.382. The second kappa shape index (κ2) is 6.56. The Morgan fingerprint density at radius 1 is 1.38 bits per heavy atom. The van der Waals surface area contributed by atoms with Crippen LogP contribution in [0.25, 0.3) is 0 Å². The van der Waals surface area contributed by atoms with Gasteiger partial charge in [0.2, 0.25) is 0 Å². The van der Waals surface area contributed by atoms with E-state index in [-0.39, 0.29) is 5.97 Å². The largest absolute Gasteiger partial charge is 0.461 e. The van der Waals surface area contributed by atoms with Crippen molar-refractivity contribution in [2.75, 3.05) is 6.61 Å². The van der Waals surface area contributed by atoms with Gasteiger partial charge in [0.25, 0.3) is 0 Å². The maximum atomic E-state index is 11.9. The summed E-state index contributed by atoms with van der Waals surface area (Å²) in [5.74, 6) is -0.382. The Labute approximate surface area is 124 Å². The maximum absolute atomic E-state index is 11.9. The Morgan fingerprint density at radius 3 is 2.76 bits per heavy atom. The van der Waals surface area contributed by atoms with E-state index >= 15 is 0 Å². The second-order valence-corrected chi connectivity index (χ2v) is 5.19. The van der Waals surface area contributed by atoms with Crippen molar-refractivity contribution in [3.8, 4) is 0 Å². The summed E-state index contributed by atoms with van der Waals surface area (Å²) < 4.78 is 7.13. The summed E-state index contributed by atoms with van der Waals surface area (Å²) in [6, 6.07) is 1.76. The van der Waals surface area contributed by atoms with E-state index in [2.05, 4.69) is 22.2 Å². The number of esters is 1. The van der Waals surface area contributed by atoms with E-state index in [1.807, 2.05) is 25.6 Å². The topological polar surface area (TPSA) is 72.8 Å². The molecular weight excluding hydrogens is 268 g/mol. The van der Waals surface area contributed by atoms with Crippen LogP contribution in [-0.4, -0.2) is 32.6 Å². The normalized spacial score (nSPS) is 10.9. The average molecular weight is 290 g/mol. The van der Waals surface area contributed by atoms with Crippen molar-refractivity contribution in [1.82, 2.24) is 20.0 Å². The molecule has 2 aromatic rings. The van der Waals surface area contributed by atoms with Crippen molar-refractivity contribution >= 4 is 5.97 Å². The molecule has 2 heterocycles. The third kappa shape index (κ3) is 3.51. The van der Waals surface area contributed by atoms with Crippen LogP contribution < -0.4 is 0 Å². The zero-order chi connectivity index (χ0) is 15.4. The molecule has 2 rings (SSSR count). The lowest BCUT2D eigenvalue weighted by Crippen LogP contribution is -2.09. The third-order valence-electron chi connectivity index (χ3n) is 3.60. The van der Waals surface area contributed by atoms with Gasteiger partial charge in [-0.05, 0) is 31.9 Å². The summed E-state index contributed by atoms with van der Waals surface area (Å²) >= 11 is 0. The number of carbonyl (C=O) groups excluding carboxylic acids is 1. The molecule has 0 amide bonds. The predicted octanol–water partition coefficient (Wildman–Crippen LogP) is 2.11. The molecule has 0 aliphatic carbocycles. The molecule has 0 unspecified atom stereocenters. The van der Waals surface area contributed by atoms with Gasteiger partial charge < -0.3 is 4.74 Å². The molecule has 0 atom stereocenters. The lowest BCUT2D eigenvalue weighted by Gasteiger charge is -2.03. The predicted molar refractivity (Wildman–Crippen MR) is 79.3 cm³/mol. The van der Waals surface area contributed by atoms with Crippen LogP contribution in [0.5, 0.6) is 0 Å². The highest BCUT2D eigenvalue weighted by Crippen LogP contribution is 2.13. The molecule has 0 aromatic carbocycles. The number of hydrogen-bond donors (Lipinski definition) is 1. The van der Waals surface area contributed by atoms with Crippen molar-refractivity contribution in [2.24, 2.45) is 7.05 Å². The van der Waals surface area contributed by atoms with Gasteiger partial charge in [0, 0.05) is 24.9 Å². The van der Waals surface area contributed by atoms with Gasteiger partial charge in [-0.25, -0.2) is 4.79 Å². The summed E-state index contributed by atoms with van der Waals surface area (Å²) in [6.07, 6.45) is 2.56. The molecule has 0 saturated heterocycles. The average Bonchev–Trinajstić information content (AvgIpc) is 2.99. The van der Waals surface area contributed by atoms with Crippen molar-refractivity contribution in [3.63, 3.8) is 0 Å². The molecule has 0 fully saturated rings. The highest BCUT2D eigenvalue weighted by molar-refractivity contribution is 5.87. The highest BCUT2D eigenvalue weighted by atomic mass is 16.5. The number of H-pyrrole nitrogens is 1. The van der Waals surface area contributed by atoms with Crippen molar-refractivity contribution in [3.05, 3.63) is 34.4 Å². The van der Waals surface area contributed by atoms with Gasteiger partial charge in [0.1, 0.15) is 0 Å². The summed E-state index contributed by atoms with van der Waals surface area (Å²) in [7, 11) is 1.91. The maximum Gasteiger partial charge on any atom is 0.358 e. The molecule has 0 bridgehead atoms. The molecule has 0 spiro atoms. The second-order valence-electron chi connectivity index (χ2n) is 5.19. The van der Waals surface area contributed by atoms with Crippen LogP contribution >= 0.6 is 0 Å². The van der Waals surface area contributed by atoms with Crippen LogP contribution in [0.15, 0.2) is 6.07 Å². The minimum Gasteiger partial charge on any atom is -0.461 e. The van der Waals surface area contributed by atoms with Crippen LogP contribution in [0.2, 0.25) is 0 Å². The lowest BCUT2D eigenvalue weighted by atomic mass is 10.1. The number of carbonyl (C=O) groups is 1. The molecule has 0 saturated carbocycles. The fourth-order valence-corrected chi connectivity index (χ4v) is 2.36. The molecule has 0 aliphatic heterocycles. The van der Waals surface area contributed by atoms with Gasteiger partial charge in [-0.2, -0.15) is 10.2 Å². The Hall–Kier alpha value is -2.11. The molecular formula is C15H22N4O2. The Balaban J connectivity index is 1.89. The first-order valence-electron chi connectivity index (χ1n) is 7.23. The smallest absolute Gasteiger partial charge is 0.358 e. The van der Waals surface area contributed by atoms with Gasteiger partial charge in [0.05, 0.1) is 12.3 Å². The van der Waals surface area contributed by atoms with Crippen molar-refractivity contribution in [2.45, 2.75) is 40.0 Å². The van der Waals surface area contributed by atoms with Gasteiger partial charge in [-0.15, -0.1) is 0 Å². The van der Waals surface area contributed by atoms with Crippen LogP contribution in [0.3, 0.4) is 0 Å². The first kappa shape index (κ1) is 15.3. The first-order chi connectivity index (χ1) is 10.0. The van der Waals surface area contributed by atoms with Gasteiger partial charge in [0.15, 0.2) is 5.69 Å².